The normalized spacial score (nSPS) is 17.2. The van der Waals surface area contributed by atoms with Gasteiger partial charge in [-0.3, -0.25) is 0 Å². The van der Waals surface area contributed by atoms with Crippen LogP contribution < -0.4 is 4.27 Å². The Balaban J connectivity index is 3.49. The Morgan fingerprint density at radius 1 is 0.720 bits per heavy atom. The molecule has 0 radical (unpaired) electrons. The molecule has 0 fully saturated rings. The molecule has 2 heteroatoms. The third-order valence-electron chi connectivity index (χ3n) is 5.29. The van der Waals surface area contributed by atoms with Gasteiger partial charge in [0, 0.05) is 0 Å². The summed E-state index contributed by atoms with van der Waals surface area (Å²) in [6.45, 7) is 16.5. The molecule has 1 aliphatic carbocycles. The van der Waals surface area contributed by atoms with Gasteiger partial charge in [0.1, 0.15) is 0 Å². The van der Waals surface area contributed by atoms with Crippen molar-refractivity contribution in [1.29, 1.82) is 0 Å². The van der Waals surface area contributed by atoms with E-state index in [2.05, 4.69) is 64.3 Å². The molecule has 0 heterocycles. The number of hydrogen-bond acceptors (Lipinski definition) is 1. The van der Waals surface area contributed by atoms with Crippen molar-refractivity contribution in [3.8, 4) is 0 Å². The number of hydrogen-bond donors (Lipinski definition) is 1. The third kappa shape index (κ3) is 5.99. The van der Waals surface area contributed by atoms with E-state index < -0.39 is 13.5 Å². The summed E-state index contributed by atoms with van der Waals surface area (Å²) >= 11 is -2.21. The van der Waals surface area contributed by atoms with Crippen LogP contribution in [0.1, 0.15) is 99.8 Å². The zero-order chi connectivity index (χ0) is 19.3. The van der Waals surface area contributed by atoms with Gasteiger partial charge in [-0.15, -0.1) is 0 Å². The SMILES string of the molecule is CCCC1=C(CCC)[CH]([Ge]([CH3])([CH3])[NH]C(C)(C)C)C(CCC)=C1CCC. The minimum absolute atomic E-state index is 0.219. The molecule has 0 saturated heterocycles. The zero-order valence-corrected chi connectivity index (χ0v) is 20.8. The Kier molecular flexibility index (Phi) is 9.01. The summed E-state index contributed by atoms with van der Waals surface area (Å²) in [5, 5.41) is 0. The summed E-state index contributed by atoms with van der Waals surface area (Å²) in [6, 6.07) is 0. The first-order valence-corrected chi connectivity index (χ1v) is 17.3. The van der Waals surface area contributed by atoms with Gasteiger partial charge in [-0.25, -0.2) is 0 Å². The Morgan fingerprint density at radius 3 is 1.36 bits per heavy atom. The second-order valence-electron chi connectivity index (χ2n) is 9.54. The van der Waals surface area contributed by atoms with E-state index in [-0.39, 0.29) is 5.54 Å². The summed E-state index contributed by atoms with van der Waals surface area (Å²) in [6.07, 6.45) is 10.3. The summed E-state index contributed by atoms with van der Waals surface area (Å²) in [5.41, 5.74) is 7.48. The fraction of sp³-hybridized carbons (Fsp3) is 0.826. The predicted molar refractivity (Wildman–Crippen MR) is 118 cm³/mol. The fourth-order valence-electron chi connectivity index (χ4n) is 5.11. The van der Waals surface area contributed by atoms with Crippen molar-refractivity contribution in [2.45, 2.75) is 122 Å². The molecule has 25 heavy (non-hydrogen) atoms. The molecule has 0 aliphatic heterocycles. The van der Waals surface area contributed by atoms with Crippen LogP contribution in [0.2, 0.25) is 16.3 Å². The molecule has 1 N–H and O–H groups in total. The molecule has 1 rings (SSSR count). The first-order chi connectivity index (χ1) is 11.6. The van der Waals surface area contributed by atoms with Crippen molar-refractivity contribution < 1.29 is 0 Å². The Labute approximate surface area is 161 Å². The molecular formula is C23H45GeN. The van der Waals surface area contributed by atoms with Gasteiger partial charge in [-0.05, 0) is 0 Å². The molecule has 0 saturated carbocycles. The van der Waals surface area contributed by atoms with Crippen LogP contribution in [0.25, 0.3) is 0 Å². The number of rotatable bonds is 10. The second kappa shape index (κ2) is 9.78. The van der Waals surface area contributed by atoms with Gasteiger partial charge in [-0.1, -0.05) is 0 Å². The molecule has 0 aromatic heterocycles. The van der Waals surface area contributed by atoms with Crippen LogP contribution in [0.3, 0.4) is 0 Å². The third-order valence-corrected chi connectivity index (χ3v) is 12.7. The monoisotopic (exact) mass is 409 g/mol. The molecule has 0 aromatic rings. The molecule has 0 atom stereocenters. The second-order valence-corrected chi connectivity index (χ2v) is 18.5. The molecule has 0 spiro atoms. The molecule has 0 amide bonds. The van der Waals surface area contributed by atoms with Crippen LogP contribution >= 0.6 is 0 Å². The summed E-state index contributed by atoms with van der Waals surface area (Å²) in [5.74, 6) is 5.25. The van der Waals surface area contributed by atoms with Gasteiger partial charge < -0.3 is 0 Å². The zero-order valence-electron chi connectivity index (χ0n) is 18.7. The van der Waals surface area contributed by atoms with E-state index in [1.54, 1.807) is 11.1 Å². The molecule has 1 aliphatic rings. The average Bonchev–Trinajstić information content (AvgIpc) is 2.73. The van der Waals surface area contributed by atoms with Gasteiger partial charge in [0.25, 0.3) is 0 Å². The van der Waals surface area contributed by atoms with Crippen LogP contribution in [-0.2, 0) is 0 Å². The van der Waals surface area contributed by atoms with E-state index in [0.717, 1.165) is 4.75 Å². The molecule has 1 nitrogen and oxygen atoms in total. The van der Waals surface area contributed by atoms with Gasteiger partial charge >= 0.3 is 162 Å². The van der Waals surface area contributed by atoms with Crippen molar-refractivity contribution >= 4 is 13.5 Å². The Bertz CT molecular complexity index is 459. The van der Waals surface area contributed by atoms with Crippen LogP contribution in [0, 0.1) is 0 Å². The Morgan fingerprint density at radius 2 is 1.08 bits per heavy atom. The number of nitrogens with one attached hydrogen (secondary N) is 1. The van der Waals surface area contributed by atoms with E-state index in [0.29, 0.717) is 0 Å². The molecule has 0 aromatic carbocycles. The molecule has 146 valence electrons. The van der Waals surface area contributed by atoms with Crippen molar-refractivity contribution in [2.24, 2.45) is 0 Å². The van der Waals surface area contributed by atoms with Crippen molar-refractivity contribution in [3.05, 3.63) is 22.3 Å². The topological polar surface area (TPSA) is 12.0 Å². The first kappa shape index (κ1) is 23.0. The van der Waals surface area contributed by atoms with E-state index >= 15 is 0 Å². The van der Waals surface area contributed by atoms with E-state index in [1.165, 1.54) is 51.4 Å². The van der Waals surface area contributed by atoms with Crippen molar-refractivity contribution in [3.63, 3.8) is 0 Å². The number of allylic oxidation sites excluding steroid dienone is 4. The average molecular weight is 408 g/mol. The standard InChI is InChI=1S/C23H45GeN/c1-10-14-18-19(15-11-2)21(17-13-4)22(20(18)16-12-3)24(8,9)25-23(5,6)7/h22,25H,10-17H2,1-9H3. The van der Waals surface area contributed by atoms with Crippen molar-refractivity contribution in [1.82, 2.24) is 4.27 Å². The fourth-order valence-corrected chi connectivity index (χ4v) is 14.5. The van der Waals surface area contributed by atoms with E-state index in [9.17, 15) is 0 Å². The van der Waals surface area contributed by atoms with Crippen LogP contribution in [0.15, 0.2) is 22.3 Å². The minimum atomic E-state index is -2.21. The maximum absolute atomic E-state index is 4.16. The summed E-state index contributed by atoms with van der Waals surface area (Å²) < 4.78 is 4.92. The summed E-state index contributed by atoms with van der Waals surface area (Å²) in [4.78, 5) is 0. The van der Waals surface area contributed by atoms with Gasteiger partial charge in [0.2, 0.25) is 0 Å². The predicted octanol–water partition coefficient (Wildman–Crippen LogP) is 7.76. The van der Waals surface area contributed by atoms with Crippen LogP contribution in [0.4, 0.5) is 0 Å². The first-order valence-electron chi connectivity index (χ1n) is 10.9. The van der Waals surface area contributed by atoms with Gasteiger partial charge in [0.15, 0.2) is 0 Å². The molecule has 0 unspecified atom stereocenters. The molecular weight excluding hydrogens is 363 g/mol. The van der Waals surface area contributed by atoms with Crippen LogP contribution in [-0.4, -0.2) is 19.0 Å². The van der Waals surface area contributed by atoms with Gasteiger partial charge in [-0.2, -0.15) is 0 Å². The summed E-state index contributed by atoms with van der Waals surface area (Å²) in [7, 11) is 0. The Hall–Kier alpha value is -0.0171. The van der Waals surface area contributed by atoms with E-state index in [4.69, 9.17) is 0 Å². The van der Waals surface area contributed by atoms with Gasteiger partial charge in [0.05, 0.1) is 0 Å². The maximum atomic E-state index is 4.16. The van der Waals surface area contributed by atoms with Crippen LogP contribution in [0.5, 0.6) is 0 Å². The van der Waals surface area contributed by atoms with Crippen molar-refractivity contribution in [2.75, 3.05) is 0 Å². The quantitative estimate of drug-likeness (QED) is 0.364. The molecule has 0 bridgehead atoms. The van der Waals surface area contributed by atoms with E-state index in [1.807, 2.05) is 11.1 Å².